The van der Waals surface area contributed by atoms with Crippen LogP contribution in [0, 0.1) is 11.6 Å². The molecule has 0 aliphatic heterocycles. The second-order valence-electron chi connectivity index (χ2n) is 3.54. The van der Waals surface area contributed by atoms with Gasteiger partial charge in [-0.05, 0) is 24.4 Å². The molecule has 1 aromatic heterocycles. The van der Waals surface area contributed by atoms with Gasteiger partial charge >= 0.3 is 0 Å². The number of halogens is 2. The topological polar surface area (TPSA) is 12.0 Å². The van der Waals surface area contributed by atoms with E-state index in [1.807, 2.05) is 23.8 Å². The average molecular weight is 239 g/mol. The van der Waals surface area contributed by atoms with Crippen LogP contribution in [0.5, 0.6) is 0 Å². The number of thiophene rings is 1. The lowest BCUT2D eigenvalue weighted by Crippen LogP contribution is -2.08. The van der Waals surface area contributed by atoms with Gasteiger partial charge in [0.15, 0.2) is 0 Å². The SMILES string of the molecule is CC(Nc1ccsc1)c1ccc(F)cc1F. The Hall–Kier alpha value is -1.42. The summed E-state index contributed by atoms with van der Waals surface area (Å²) in [6, 6.07) is 5.37. The molecule has 2 rings (SSSR count). The van der Waals surface area contributed by atoms with Gasteiger partial charge in [0.2, 0.25) is 0 Å². The van der Waals surface area contributed by atoms with Crippen molar-refractivity contribution in [2.75, 3.05) is 5.32 Å². The predicted molar refractivity (Wildman–Crippen MR) is 62.7 cm³/mol. The van der Waals surface area contributed by atoms with E-state index >= 15 is 0 Å². The molecule has 16 heavy (non-hydrogen) atoms. The number of anilines is 1. The van der Waals surface area contributed by atoms with Crippen LogP contribution in [0.2, 0.25) is 0 Å². The lowest BCUT2D eigenvalue weighted by molar-refractivity contribution is 0.566. The highest BCUT2D eigenvalue weighted by molar-refractivity contribution is 7.08. The Balaban J connectivity index is 2.17. The minimum Gasteiger partial charge on any atom is -0.378 e. The van der Waals surface area contributed by atoms with Gasteiger partial charge in [0.25, 0.3) is 0 Å². The summed E-state index contributed by atoms with van der Waals surface area (Å²) in [4.78, 5) is 0. The largest absolute Gasteiger partial charge is 0.378 e. The molecule has 1 aromatic carbocycles. The summed E-state index contributed by atoms with van der Waals surface area (Å²) in [6.07, 6.45) is 0. The van der Waals surface area contributed by atoms with Gasteiger partial charge in [-0.15, -0.1) is 0 Å². The molecule has 0 saturated carbocycles. The van der Waals surface area contributed by atoms with E-state index in [0.29, 0.717) is 5.56 Å². The van der Waals surface area contributed by atoms with Crippen molar-refractivity contribution in [1.82, 2.24) is 0 Å². The summed E-state index contributed by atoms with van der Waals surface area (Å²) in [5, 5.41) is 7.03. The van der Waals surface area contributed by atoms with Gasteiger partial charge in [-0.25, -0.2) is 8.78 Å². The minimum atomic E-state index is -0.552. The lowest BCUT2D eigenvalue weighted by Gasteiger charge is -2.15. The molecule has 1 unspecified atom stereocenters. The Morgan fingerprint density at radius 1 is 1.25 bits per heavy atom. The summed E-state index contributed by atoms with van der Waals surface area (Å²) in [5.41, 5.74) is 1.41. The first-order valence-corrected chi connectivity index (χ1v) is 5.85. The molecule has 0 amide bonds. The molecule has 1 heterocycles. The second kappa shape index (κ2) is 4.61. The molecular formula is C12H11F2NS. The van der Waals surface area contributed by atoms with Crippen LogP contribution in [0.4, 0.5) is 14.5 Å². The van der Waals surface area contributed by atoms with E-state index < -0.39 is 11.6 Å². The van der Waals surface area contributed by atoms with Crippen LogP contribution in [0.25, 0.3) is 0 Å². The molecule has 0 fully saturated rings. The molecule has 0 radical (unpaired) electrons. The Bertz CT molecular complexity index is 468. The highest BCUT2D eigenvalue weighted by Gasteiger charge is 2.11. The Labute approximate surface area is 96.7 Å². The van der Waals surface area contributed by atoms with E-state index in [1.165, 1.54) is 12.1 Å². The molecule has 0 aliphatic rings. The first-order chi connectivity index (χ1) is 7.66. The quantitative estimate of drug-likeness (QED) is 0.846. The average Bonchev–Trinajstić information content (AvgIpc) is 2.70. The van der Waals surface area contributed by atoms with E-state index in [4.69, 9.17) is 0 Å². The van der Waals surface area contributed by atoms with Gasteiger partial charge in [0.05, 0.1) is 6.04 Å². The van der Waals surface area contributed by atoms with Crippen molar-refractivity contribution in [2.45, 2.75) is 13.0 Å². The smallest absolute Gasteiger partial charge is 0.131 e. The lowest BCUT2D eigenvalue weighted by atomic mass is 10.1. The third-order valence-corrected chi connectivity index (χ3v) is 3.02. The van der Waals surface area contributed by atoms with Gasteiger partial charge in [-0.2, -0.15) is 11.3 Å². The molecule has 0 spiro atoms. The zero-order chi connectivity index (χ0) is 11.5. The molecular weight excluding hydrogens is 228 g/mol. The van der Waals surface area contributed by atoms with Crippen LogP contribution in [0.3, 0.4) is 0 Å². The molecule has 1 atom stereocenters. The maximum absolute atomic E-state index is 13.5. The molecule has 0 aliphatic carbocycles. The van der Waals surface area contributed by atoms with Crippen molar-refractivity contribution >= 4 is 17.0 Å². The normalized spacial score (nSPS) is 12.4. The van der Waals surface area contributed by atoms with E-state index in [0.717, 1.165) is 11.8 Å². The van der Waals surface area contributed by atoms with Crippen molar-refractivity contribution in [3.63, 3.8) is 0 Å². The standard InChI is InChI=1S/C12H11F2NS/c1-8(15-10-4-5-16-7-10)11-3-2-9(13)6-12(11)14/h2-8,15H,1H3. The fourth-order valence-corrected chi connectivity index (χ4v) is 2.12. The van der Waals surface area contributed by atoms with Gasteiger partial charge in [-0.1, -0.05) is 6.07 Å². The van der Waals surface area contributed by atoms with Crippen molar-refractivity contribution in [2.24, 2.45) is 0 Å². The van der Waals surface area contributed by atoms with Gasteiger partial charge < -0.3 is 5.32 Å². The van der Waals surface area contributed by atoms with Crippen LogP contribution in [0.15, 0.2) is 35.0 Å². The Morgan fingerprint density at radius 3 is 2.69 bits per heavy atom. The summed E-state index contributed by atoms with van der Waals surface area (Å²) in [6.45, 7) is 1.84. The molecule has 0 saturated heterocycles. The Kier molecular flexibility index (Phi) is 3.19. The fraction of sp³-hybridized carbons (Fsp3) is 0.167. The zero-order valence-electron chi connectivity index (χ0n) is 8.71. The van der Waals surface area contributed by atoms with Crippen LogP contribution in [0.1, 0.15) is 18.5 Å². The van der Waals surface area contributed by atoms with Crippen LogP contribution < -0.4 is 5.32 Å². The number of rotatable bonds is 3. The monoisotopic (exact) mass is 239 g/mol. The summed E-state index contributed by atoms with van der Waals surface area (Å²) in [7, 11) is 0. The molecule has 2 aromatic rings. The maximum atomic E-state index is 13.5. The van der Waals surface area contributed by atoms with Crippen molar-refractivity contribution in [3.05, 3.63) is 52.2 Å². The van der Waals surface area contributed by atoms with Gasteiger partial charge in [0.1, 0.15) is 11.6 Å². The zero-order valence-corrected chi connectivity index (χ0v) is 9.52. The summed E-state index contributed by atoms with van der Waals surface area (Å²) >= 11 is 1.57. The Morgan fingerprint density at radius 2 is 2.06 bits per heavy atom. The third-order valence-electron chi connectivity index (χ3n) is 2.33. The second-order valence-corrected chi connectivity index (χ2v) is 4.32. The molecule has 0 bridgehead atoms. The van der Waals surface area contributed by atoms with Gasteiger partial charge in [0, 0.05) is 22.7 Å². The summed E-state index contributed by atoms with van der Waals surface area (Å²) < 4.78 is 26.2. The first kappa shape index (κ1) is 11.1. The predicted octanol–water partition coefficient (Wildman–Crippen LogP) is 4.20. The van der Waals surface area contributed by atoms with E-state index in [1.54, 1.807) is 11.3 Å². The van der Waals surface area contributed by atoms with Crippen LogP contribution in [-0.4, -0.2) is 0 Å². The molecule has 1 nitrogen and oxygen atoms in total. The van der Waals surface area contributed by atoms with Crippen LogP contribution in [-0.2, 0) is 0 Å². The van der Waals surface area contributed by atoms with E-state index in [2.05, 4.69) is 5.32 Å². The van der Waals surface area contributed by atoms with Crippen LogP contribution >= 0.6 is 11.3 Å². The van der Waals surface area contributed by atoms with Crippen molar-refractivity contribution < 1.29 is 8.78 Å². The number of hydrogen-bond acceptors (Lipinski definition) is 2. The van der Waals surface area contributed by atoms with Crippen molar-refractivity contribution in [1.29, 1.82) is 0 Å². The number of benzene rings is 1. The third kappa shape index (κ3) is 2.39. The highest BCUT2D eigenvalue weighted by Crippen LogP contribution is 2.23. The highest BCUT2D eigenvalue weighted by atomic mass is 32.1. The van der Waals surface area contributed by atoms with E-state index in [-0.39, 0.29) is 6.04 Å². The van der Waals surface area contributed by atoms with Crippen molar-refractivity contribution in [3.8, 4) is 0 Å². The minimum absolute atomic E-state index is 0.185. The fourth-order valence-electron chi connectivity index (χ4n) is 1.53. The first-order valence-electron chi connectivity index (χ1n) is 4.90. The molecule has 84 valence electrons. The molecule has 1 N–H and O–H groups in total. The number of nitrogens with one attached hydrogen (secondary N) is 1. The molecule has 4 heteroatoms. The summed E-state index contributed by atoms with van der Waals surface area (Å²) in [5.74, 6) is -1.07. The maximum Gasteiger partial charge on any atom is 0.131 e. The van der Waals surface area contributed by atoms with Gasteiger partial charge in [-0.3, -0.25) is 0 Å². The number of hydrogen-bond donors (Lipinski definition) is 1. The van der Waals surface area contributed by atoms with E-state index in [9.17, 15) is 8.78 Å².